The largest absolute Gasteiger partial charge is 0.418 e. The number of anilines is 1. The van der Waals surface area contributed by atoms with Gasteiger partial charge in [-0.05, 0) is 31.2 Å². The average Bonchev–Trinajstić information content (AvgIpc) is 3.04. The number of hydrogen-bond acceptors (Lipinski definition) is 5. The van der Waals surface area contributed by atoms with Gasteiger partial charge in [0.05, 0.1) is 11.1 Å². The molecule has 0 saturated carbocycles. The normalized spacial score (nSPS) is 12.6. The van der Waals surface area contributed by atoms with Gasteiger partial charge in [0.1, 0.15) is 22.9 Å². The molecule has 2 aromatic heterocycles. The third-order valence-corrected chi connectivity index (χ3v) is 5.01. The van der Waals surface area contributed by atoms with E-state index in [2.05, 4.69) is 20.5 Å². The van der Waals surface area contributed by atoms with E-state index in [1.807, 2.05) is 20.8 Å². The van der Waals surface area contributed by atoms with Crippen molar-refractivity contribution in [3.63, 3.8) is 0 Å². The number of aryl methyl sites for hydroxylation is 1. The molecule has 10 heteroatoms. The van der Waals surface area contributed by atoms with Crippen LogP contribution in [0.25, 0.3) is 16.7 Å². The molecular formula is C22H27F4N5O. The number of benzene rings is 1. The molecule has 3 rings (SSSR count). The van der Waals surface area contributed by atoms with Crippen LogP contribution in [0.3, 0.4) is 0 Å². The zero-order valence-corrected chi connectivity index (χ0v) is 18.6. The molecule has 0 unspecified atom stereocenters. The molecule has 0 aliphatic rings. The number of hydrogen-bond donors (Lipinski definition) is 1. The third-order valence-electron chi connectivity index (χ3n) is 5.01. The van der Waals surface area contributed by atoms with Crippen molar-refractivity contribution < 1.29 is 22.4 Å². The smallest absolute Gasteiger partial charge is 0.367 e. The second-order valence-electron chi connectivity index (χ2n) is 9.20. The average molecular weight is 453 g/mol. The predicted octanol–water partition coefficient (Wildman–Crippen LogP) is 5.72. The molecular weight excluding hydrogens is 426 g/mol. The summed E-state index contributed by atoms with van der Waals surface area (Å²) in [7, 11) is 0. The Morgan fingerprint density at radius 2 is 1.81 bits per heavy atom. The predicted molar refractivity (Wildman–Crippen MR) is 114 cm³/mol. The molecule has 0 saturated heterocycles. The highest BCUT2D eigenvalue weighted by atomic mass is 19.4. The van der Waals surface area contributed by atoms with E-state index >= 15 is 0 Å². The lowest BCUT2D eigenvalue weighted by Gasteiger charge is -2.16. The Bertz CT molecular complexity index is 1130. The number of carbonyl (C=O) groups is 1. The van der Waals surface area contributed by atoms with Gasteiger partial charge in [0.15, 0.2) is 5.82 Å². The van der Waals surface area contributed by atoms with Crippen molar-refractivity contribution in [3.05, 3.63) is 29.3 Å². The van der Waals surface area contributed by atoms with Crippen LogP contribution in [-0.2, 0) is 11.0 Å². The topological polar surface area (TPSA) is 72.2 Å². The van der Waals surface area contributed by atoms with Gasteiger partial charge >= 0.3 is 6.18 Å². The number of carbonyl (C=O) groups excluding carboxylic acids is 1. The fourth-order valence-corrected chi connectivity index (χ4v) is 3.68. The van der Waals surface area contributed by atoms with E-state index in [9.17, 15) is 22.4 Å². The number of alkyl halides is 3. The molecule has 174 valence electrons. The van der Waals surface area contributed by atoms with Crippen molar-refractivity contribution in [2.45, 2.75) is 66.0 Å². The van der Waals surface area contributed by atoms with Gasteiger partial charge in [-0.25, -0.2) is 9.37 Å². The Morgan fingerprint density at radius 1 is 1.09 bits per heavy atom. The Balaban J connectivity index is 1.76. The maximum Gasteiger partial charge on any atom is 0.418 e. The maximum atomic E-state index is 13.9. The molecule has 3 aromatic rings. The van der Waals surface area contributed by atoms with Gasteiger partial charge in [0.2, 0.25) is 5.65 Å². The molecule has 1 aromatic carbocycles. The highest BCUT2D eigenvalue weighted by Gasteiger charge is 2.35. The number of nitrogens with zero attached hydrogens (tertiary/aromatic N) is 4. The van der Waals surface area contributed by atoms with E-state index in [0.29, 0.717) is 37.7 Å². The van der Waals surface area contributed by atoms with Crippen LogP contribution >= 0.6 is 0 Å². The van der Waals surface area contributed by atoms with Crippen molar-refractivity contribution in [3.8, 4) is 0 Å². The van der Waals surface area contributed by atoms with Gasteiger partial charge in [0.25, 0.3) is 0 Å². The summed E-state index contributed by atoms with van der Waals surface area (Å²) in [5.41, 5.74) is -1.36. The second-order valence-corrected chi connectivity index (χ2v) is 9.20. The fraction of sp³-hybridized carbons (Fsp3) is 0.545. The first-order valence-electron chi connectivity index (χ1n) is 10.5. The van der Waals surface area contributed by atoms with E-state index in [4.69, 9.17) is 0 Å². The summed E-state index contributed by atoms with van der Waals surface area (Å²) in [4.78, 5) is 16.1. The summed E-state index contributed by atoms with van der Waals surface area (Å²) >= 11 is 0. The highest BCUT2D eigenvalue weighted by Crippen LogP contribution is 2.36. The van der Waals surface area contributed by atoms with Crippen LogP contribution in [-0.4, -0.2) is 31.9 Å². The van der Waals surface area contributed by atoms with E-state index in [1.165, 1.54) is 4.40 Å². The van der Waals surface area contributed by atoms with Crippen LogP contribution in [0.2, 0.25) is 0 Å². The molecule has 2 heterocycles. The number of Topliss-reactive ketones (excluding diaryl/α,β-unsaturated/α-hetero) is 1. The lowest BCUT2D eigenvalue weighted by Crippen LogP contribution is -2.13. The Hall–Kier alpha value is -2.78. The lowest BCUT2D eigenvalue weighted by molar-refractivity contribution is -0.136. The molecule has 0 amide bonds. The number of halogens is 4. The first kappa shape index (κ1) is 23.9. The molecule has 1 N–H and O–H groups in total. The van der Waals surface area contributed by atoms with Gasteiger partial charge in [-0.3, -0.25) is 9.20 Å². The Kier molecular flexibility index (Phi) is 6.71. The zero-order valence-electron chi connectivity index (χ0n) is 18.6. The number of aromatic nitrogens is 4. The molecule has 0 fully saturated rings. The van der Waals surface area contributed by atoms with Crippen LogP contribution in [0.4, 0.5) is 23.4 Å². The number of rotatable bonds is 8. The van der Waals surface area contributed by atoms with Gasteiger partial charge in [-0.2, -0.15) is 13.2 Å². The monoisotopic (exact) mass is 453 g/mol. The minimum absolute atomic E-state index is 0.0275. The summed E-state index contributed by atoms with van der Waals surface area (Å²) in [6.45, 7) is 8.09. The molecule has 0 aliphatic heterocycles. The van der Waals surface area contributed by atoms with Crippen LogP contribution in [0.1, 0.15) is 64.3 Å². The van der Waals surface area contributed by atoms with E-state index in [0.717, 1.165) is 18.9 Å². The minimum Gasteiger partial charge on any atom is -0.367 e. The summed E-state index contributed by atoms with van der Waals surface area (Å²) in [5.74, 6) is -0.303. The van der Waals surface area contributed by atoms with Crippen molar-refractivity contribution in [1.29, 1.82) is 0 Å². The summed E-state index contributed by atoms with van der Waals surface area (Å²) in [6, 6.07) is 1.44. The number of nitrogens with one attached hydrogen (secondary N) is 1. The minimum atomic E-state index is -4.76. The van der Waals surface area contributed by atoms with Crippen molar-refractivity contribution in [1.82, 2.24) is 19.6 Å². The molecule has 0 bridgehead atoms. The molecule has 6 nitrogen and oxygen atoms in total. The zero-order chi connectivity index (χ0) is 23.7. The molecule has 0 spiro atoms. The maximum absolute atomic E-state index is 13.9. The highest BCUT2D eigenvalue weighted by molar-refractivity contribution is 5.86. The molecule has 0 radical (unpaired) electrons. The van der Waals surface area contributed by atoms with Crippen LogP contribution in [0.5, 0.6) is 0 Å². The van der Waals surface area contributed by atoms with Crippen LogP contribution in [0, 0.1) is 18.2 Å². The third kappa shape index (κ3) is 5.52. The fourth-order valence-electron chi connectivity index (χ4n) is 3.68. The Labute approximate surface area is 183 Å². The molecule has 0 atom stereocenters. The quantitative estimate of drug-likeness (QED) is 0.349. The first-order chi connectivity index (χ1) is 14.9. The van der Waals surface area contributed by atoms with Gasteiger partial charge < -0.3 is 5.32 Å². The van der Waals surface area contributed by atoms with E-state index in [1.54, 1.807) is 6.92 Å². The van der Waals surface area contributed by atoms with E-state index < -0.39 is 17.6 Å². The number of ketones is 1. The summed E-state index contributed by atoms with van der Waals surface area (Å²) in [6.07, 6.45) is -1.47. The van der Waals surface area contributed by atoms with Gasteiger partial charge in [0, 0.05) is 25.5 Å². The number of unbranched alkanes of at least 4 members (excludes halogenated alkanes) is 2. The van der Waals surface area contributed by atoms with Crippen molar-refractivity contribution in [2.24, 2.45) is 5.41 Å². The standard InChI is InChI=1S/C22H27F4N5O/c1-13-29-30-20-19(27-9-7-5-6-8-15(32)12-21(2,3)4)28-18-16(22(24,25)26)10-14(23)11-17(18)31(13)20/h10-11H,5-9,12H2,1-4H3,(H,27,28). The summed E-state index contributed by atoms with van der Waals surface area (Å²) < 4.78 is 55.9. The van der Waals surface area contributed by atoms with Crippen molar-refractivity contribution in [2.75, 3.05) is 11.9 Å². The van der Waals surface area contributed by atoms with Crippen LogP contribution < -0.4 is 5.32 Å². The first-order valence-corrected chi connectivity index (χ1v) is 10.5. The van der Waals surface area contributed by atoms with Crippen LogP contribution in [0.15, 0.2) is 12.1 Å². The number of fused-ring (bicyclic) bond motifs is 3. The SMILES string of the molecule is Cc1nnc2c(NCCCCCC(=O)CC(C)(C)C)nc3c(C(F)(F)F)cc(F)cc3n12. The Morgan fingerprint density at radius 3 is 2.47 bits per heavy atom. The molecule has 0 aliphatic carbocycles. The lowest BCUT2D eigenvalue weighted by atomic mass is 9.88. The second kappa shape index (κ2) is 8.99. The van der Waals surface area contributed by atoms with Gasteiger partial charge in [-0.15, -0.1) is 10.2 Å². The van der Waals surface area contributed by atoms with Crippen molar-refractivity contribution >= 4 is 28.3 Å². The summed E-state index contributed by atoms with van der Waals surface area (Å²) in [5, 5.41) is 11.0. The van der Waals surface area contributed by atoms with E-state index in [-0.39, 0.29) is 33.7 Å². The van der Waals surface area contributed by atoms with Gasteiger partial charge in [-0.1, -0.05) is 27.2 Å². The molecule has 32 heavy (non-hydrogen) atoms.